The number of nitrogens with zero attached hydrogens (tertiary/aromatic N) is 1. The minimum Gasteiger partial charge on any atom is -0.494 e. The Morgan fingerprint density at radius 2 is 2.29 bits per heavy atom. The second kappa shape index (κ2) is 3.49. The highest BCUT2D eigenvalue weighted by atomic mass is 19.1. The lowest BCUT2D eigenvalue weighted by atomic mass is 10.2. The van der Waals surface area contributed by atoms with Gasteiger partial charge in [0, 0.05) is 5.56 Å². The van der Waals surface area contributed by atoms with E-state index in [4.69, 9.17) is 9.15 Å². The smallest absolute Gasteiger partial charge is 0.181 e. The van der Waals surface area contributed by atoms with Crippen LogP contribution in [0.25, 0.3) is 11.3 Å². The van der Waals surface area contributed by atoms with Crippen LogP contribution in [0.2, 0.25) is 0 Å². The predicted molar refractivity (Wildman–Crippen MR) is 48.4 cm³/mol. The van der Waals surface area contributed by atoms with E-state index in [-0.39, 0.29) is 5.75 Å². The molecular weight excluding hydrogens is 185 g/mol. The summed E-state index contributed by atoms with van der Waals surface area (Å²) in [7, 11) is 1.42. The molecule has 0 spiro atoms. The molecule has 0 aliphatic carbocycles. The number of halogens is 1. The zero-order chi connectivity index (χ0) is 9.97. The van der Waals surface area contributed by atoms with Crippen LogP contribution in [0.5, 0.6) is 5.75 Å². The van der Waals surface area contributed by atoms with Crippen LogP contribution in [0, 0.1) is 5.82 Å². The molecule has 14 heavy (non-hydrogen) atoms. The van der Waals surface area contributed by atoms with Gasteiger partial charge in [-0.15, -0.1) is 0 Å². The normalized spacial score (nSPS) is 10.1. The molecule has 0 saturated carbocycles. The molecule has 0 amide bonds. The first-order chi connectivity index (χ1) is 6.81. The second-order valence-corrected chi connectivity index (χ2v) is 2.72. The quantitative estimate of drug-likeness (QED) is 0.734. The molecule has 4 heteroatoms. The van der Waals surface area contributed by atoms with E-state index in [0.29, 0.717) is 11.3 Å². The summed E-state index contributed by atoms with van der Waals surface area (Å²) >= 11 is 0. The van der Waals surface area contributed by atoms with Crippen molar-refractivity contribution in [3.05, 3.63) is 36.6 Å². The zero-order valence-electron chi connectivity index (χ0n) is 7.53. The van der Waals surface area contributed by atoms with E-state index in [1.54, 1.807) is 12.1 Å². The fourth-order valence-electron chi connectivity index (χ4n) is 1.18. The molecule has 2 rings (SSSR count). The van der Waals surface area contributed by atoms with Crippen LogP contribution in [0.15, 0.2) is 35.2 Å². The number of ether oxygens (including phenoxy) is 1. The van der Waals surface area contributed by atoms with Crippen molar-refractivity contribution in [2.45, 2.75) is 0 Å². The van der Waals surface area contributed by atoms with Crippen LogP contribution >= 0.6 is 0 Å². The molecule has 0 unspecified atom stereocenters. The number of oxazole rings is 1. The van der Waals surface area contributed by atoms with Gasteiger partial charge in [-0.25, -0.2) is 9.37 Å². The van der Waals surface area contributed by atoms with Gasteiger partial charge in [0.2, 0.25) is 0 Å². The summed E-state index contributed by atoms with van der Waals surface area (Å²) in [6, 6.07) is 4.61. The number of aromatic nitrogens is 1. The highest BCUT2D eigenvalue weighted by molar-refractivity contribution is 5.57. The molecule has 1 aromatic carbocycles. The summed E-state index contributed by atoms with van der Waals surface area (Å²) in [6.07, 6.45) is 2.83. The van der Waals surface area contributed by atoms with Crippen LogP contribution in [0.3, 0.4) is 0 Å². The summed E-state index contributed by atoms with van der Waals surface area (Å²) in [5.74, 6) is 0.334. The largest absolute Gasteiger partial charge is 0.494 e. The number of hydrogen-bond acceptors (Lipinski definition) is 3. The van der Waals surface area contributed by atoms with Crippen molar-refractivity contribution in [2.75, 3.05) is 7.11 Å². The van der Waals surface area contributed by atoms with Crippen molar-refractivity contribution in [3.8, 4) is 17.1 Å². The number of rotatable bonds is 2. The highest BCUT2D eigenvalue weighted by Crippen LogP contribution is 2.24. The van der Waals surface area contributed by atoms with Crippen molar-refractivity contribution < 1.29 is 13.5 Å². The van der Waals surface area contributed by atoms with Crippen molar-refractivity contribution >= 4 is 0 Å². The maximum atomic E-state index is 13.3. The van der Waals surface area contributed by atoms with Crippen LogP contribution in [0.4, 0.5) is 4.39 Å². The van der Waals surface area contributed by atoms with Crippen LogP contribution in [-0.4, -0.2) is 12.1 Å². The molecule has 0 radical (unpaired) electrons. The summed E-state index contributed by atoms with van der Waals surface area (Å²) in [4.78, 5) is 3.75. The third-order valence-electron chi connectivity index (χ3n) is 1.87. The average Bonchev–Trinajstić information content (AvgIpc) is 2.70. The maximum absolute atomic E-state index is 13.3. The van der Waals surface area contributed by atoms with E-state index in [2.05, 4.69) is 4.98 Å². The first-order valence-corrected chi connectivity index (χ1v) is 4.03. The second-order valence-electron chi connectivity index (χ2n) is 2.72. The Hall–Kier alpha value is -1.84. The molecule has 72 valence electrons. The molecule has 0 aliphatic rings. The van der Waals surface area contributed by atoms with E-state index < -0.39 is 5.82 Å². The predicted octanol–water partition coefficient (Wildman–Crippen LogP) is 2.49. The lowest BCUT2D eigenvalue weighted by Gasteiger charge is -2.02. The molecule has 1 aromatic heterocycles. The molecule has 0 atom stereocenters. The monoisotopic (exact) mass is 193 g/mol. The van der Waals surface area contributed by atoms with Gasteiger partial charge < -0.3 is 9.15 Å². The van der Waals surface area contributed by atoms with Gasteiger partial charge in [-0.05, 0) is 18.2 Å². The number of hydrogen-bond donors (Lipinski definition) is 0. The molecular formula is C10H8FNO2. The lowest BCUT2D eigenvalue weighted by Crippen LogP contribution is -1.87. The van der Waals surface area contributed by atoms with E-state index in [0.717, 1.165) is 0 Å². The van der Waals surface area contributed by atoms with Crippen LogP contribution < -0.4 is 4.74 Å². The number of benzene rings is 1. The van der Waals surface area contributed by atoms with Crippen molar-refractivity contribution in [2.24, 2.45) is 0 Å². The summed E-state index contributed by atoms with van der Waals surface area (Å²) in [6.45, 7) is 0. The van der Waals surface area contributed by atoms with E-state index in [9.17, 15) is 4.39 Å². The van der Waals surface area contributed by atoms with Gasteiger partial charge >= 0.3 is 0 Å². The number of methoxy groups -OCH3 is 1. The molecule has 0 aliphatic heterocycles. The third kappa shape index (κ3) is 1.46. The first kappa shape index (κ1) is 8.74. The maximum Gasteiger partial charge on any atom is 0.181 e. The molecule has 0 fully saturated rings. The highest BCUT2D eigenvalue weighted by Gasteiger charge is 2.06. The molecule has 0 bridgehead atoms. The van der Waals surface area contributed by atoms with Gasteiger partial charge in [0.05, 0.1) is 13.3 Å². The Kier molecular flexibility index (Phi) is 2.18. The van der Waals surface area contributed by atoms with Gasteiger partial charge in [-0.1, -0.05) is 0 Å². The Labute approximate surface area is 80.1 Å². The van der Waals surface area contributed by atoms with Crippen molar-refractivity contribution in [1.82, 2.24) is 4.98 Å². The fourth-order valence-corrected chi connectivity index (χ4v) is 1.18. The SMILES string of the molecule is COc1ccc(-c2cnco2)cc1F. The molecule has 1 heterocycles. The van der Waals surface area contributed by atoms with Crippen LogP contribution in [-0.2, 0) is 0 Å². The van der Waals surface area contributed by atoms with Gasteiger partial charge in [-0.2, -0.15) is 0 Å². The Bertz CT molecular complexity index is 426. The minimum atomic E-state index is -0.415. The fraction of sp³-hybridized carbons (Fsp3) is 0.100. The Morgan fingerprint density at radius 1 is 1.43 bits per heavy atom. The summed E-state index contributed by atoms with van der Waals surface area (Å²) < 4.78 is 23.1. The average molecular weight is 193 g/mol. The summed E-state index contributed by atoms with van der Waals surface area (Å²) in [5, 5.41) is 0. The van der Waals surface area contributed by atoms with Gasteiger partial charge in [0.25, 0.3) is 0 Å². The molecule has 3 nitrogen and oxygen atoms in total. The van der Waals surface area contributed by atoms with E-state index in [1.807, 2.05) is 0 Å². The molecule has 0 saturated heterocycles. The van der Waals surface area contributed by atoms with Gasteiger partial charge in [-0.3, -0.25) is 0 Å². The minimum absolute atomic E-state index is 0.216. The van der Waals surface area contributed by atoms with Gasteiger partial charge in [0.1, 0.15) is 0 Å². The Morgan fingerprint density at radius 3 is 2.86 bits per heavy atom. The molecule has 0 N–H and O–H groups in total. The standard InChI is InChI=1S/C10H8FNO2/c1-13-9-3-2-7(4-8(9)11)10-5-12-6-14-10/h2-6H,1H3. The lowest BCUT2D eigenvalue weighted by molar-refractivity contribution is 0.386. The Balaban J connectivity index is 2.43. The van der Waals surface area contributed by atoms with Crippen molar-refractivity contribution in [3.63, 3.8) is 0 Å². The van der Waals surface area contributed by atoms with Crippen LogP contribution in [0.1, 0.15) is 0 Å². The van der Waals surface area contributed by atoms with E-state index in [1.165, 1.54) is 25.8 Å². The first-order valence-electron chi connectivity index (χ1n) is 4.03. The zero-order valence-corrected chi connectivity index (χ0v) is 7.53. The third-order valence-corrected chi connectivity index (χ3v) is 1.87. The van der Waals surface area contributed by atoms with Crippen molar-refractivity contribution in [1.29, 1.82) is 0 Å². The summed E-state index contributed by atoms with van der Waals surface area (Å²) in [5.41, 5.74) is 0.640. The molecule has 2 aromatic rings. The van der Waals surface area contributed by atoms with Gasteiger partial charge in [0.15, 0.2) is 23.7 Å². The topological polar surface area (TPSA) is 35.3 Å². The van der Waals surface area contributed by atoms with E-state index >= 15 is 0 Å².